The molecule has 0 aliphatic rings. The molecular formula is C18H25IN4O. The molecule has 0 aliphatic heterocycles. The highest BCUT2D eigenvalue weighted by Crippen LogP contribution is 2.14. The summed E-state index contributed by atoms with van der Waals surface area (Å²) in [6.07, 6.45) is 1.77. The van der Waals surface area contributed by atoms with Gasteiger partial charge in [0.15, 0.2) is 5.96 Å². The Hall–Kier alpha value is -1.83. The molecule has 0 saturated heterocycles. The number of pyridine rings is 1. The highest BCUT2D eigenvalue weighted by Gasteiger charge is 1.99. The van der Waals surface area contributed by atoms with E-state index in [1.807, 2.05) is 42.5 Å². The molecule has 0 spiro atoms. The molecule has 0 amide bonds. The second-order valence-corrected chi connectivity index (χ2v) is 4.98. The molecule has 0 radical (unpaired) electrons. The molecule has 0 saturated carbocycles. The van der Waals surface area contributed by atoms with E-state index in [9.17, 15) is 0 Å². The van der Waals surface area contributed by atoms with Crippen molar-refractivity contribution in [3.63, 3.8) is 0 Å². The van der Waals surface area contributed by atoms with Gasteiger partial charge in [0.05, 0.1) is 12.2 Å². The van der Waals surface area contributed by atoms with E-state index in [0.717, 1.165) is 36.1 Å². The van der Waals surface area contributed by atoms with Crippen molar-refractivity contribution in [2.45, 2.75) is 27.0 Å². The molecular weight excluding hydrogens is 415 g/mol. The summed E-state index contributed by atoms with van der Waals surface area (Å²) < 4.78 is 5.73. The first-order valence-corrected chi connectivity index (χ1v) is 7.95. The van der Waals surface area contributed by atoms with Gasteiger partial charge in [-0.15, -0.1) is 24.0 Å². The third-order valence-electron chi connectivity index (χ3n) is 3.14. The lowest BCUT2D eigenvalue weighted by Gasteiger charge is -2.09. The van der Waals surface area contributed by atoms with Gasteiger partial charge < -0.3 is 15.4 Å². The number of hydrogen-bond acceptors (Lipinski definition) is 3. The number of nitrogens with zero attached hydrogens (tertiary/aromatic N) is 2. The first-order valence-electron chi connectivity index (χ1n) is 7.95. The number of nitrogens with one attached hydrogen (secondary N) is 2. The Kier molecular flexibility index (Phi) is 9.83. The van der Waals surface area contributed by atoms with Crippen molar-refractivity contribution in [1.29, 1.82) is 0 Å². The molecule has 2 rings (SSSR count). The fourth-order valence-corrected chi connectivity index (χ4v) is 2.01. The molecule has 0 bridgehead atoms. The summed E-state index contributed by atoms with van der Waals surface area (Å²) in [5, 5.41) is 6.42. The Labute approximate surface area is 161 Å². The fraction of sp³-hybridized carbons (Fsp3) is 0.333. The summed E-state index contributed by atoms with van der Waals surface area (Å²) in [6.45, 7) is 6.93. The average molecular weight is 440 g/mol. The molecule has 1 heterocycles. The van der Waals surface area contributed by atoms with Crippen LogP contribution in [-0.2, 0) is 13.2 Å². The summed E-state index contributed by atoms with van der Waals surface area (Å²) in [7, 11) is 0. The van der Waals surface area contributed by atoms with Gasteiger partial charge >= 0.3 is 0 Å². The maximum absolute atomic E-state index is 5.73. The molecule has 1 aromatic heterocycles. The molecule has 0 unspecified atom stereocenters. The number of ether oxygens (including phenoxy) is 1. The highest BCUT2D eigenvalue weighted by molar-refractivity contribution is 14.0. The number of guanidine groups is 1. The van der Waals surface area contributed by atoms with Crippen LogP contribution in [0.3, 0.4) is 0 Å². The minimum Gasteiger partial charge on any atom is -0.487 e. The molecule has 1 aromatic carbocycles. The average Bonchev–Trinajstić information content (AvgIpc) is 2.60. The number of rotatable bonds is 7. The minimum absolute atomic E-state index is 0. The Morgan fingerprint density at radius 2 is 1.75 bits per heavy atom. The Morgan fingerprint density at radius 1 is 1.04 bits per heavy atom. The van der Waals surface area contributed by atoms with Gasteiger partial charge in [-0.3, -0.25) is 4.98 Å². The van der Waals surface area contributed by atoms with Crippen LogP contribution in [-0.4, -0.2) is 24.0 Å². The fourth-order valence-electron chi connectivity index (χ4n) is 2.01. The smallest absolute Gasteiger partial charge is 0.191 e. The predicted molar refractivity (Wildman–Crippen MR) is 109 cm³/mol. The van der Waals surface area contributed by atoms with Crippen LogP contribution in [0.4, 0.5) is 0 Å². The monoisotopic (exact) mass is 440 g/mol. The number of hydrogen-bond donors (Lipinski definition) is 2. The molecule has 130 valence electrons. The molecule has 2 aromatic rings. The van der Waals surface area contributed by atoms with E-state index in [1.54, 1.807) is 6.20 Å². The van der Waals surface area contributed by atoms with Crippen LogP contribution >= 0.6 is 24.0 Å². The van der Waals surface area contributed by atoms with Crippen LogP contribution in [0.1, 0.15) is 25.1 Å². The number of benzene rings is 1. The van der Waals surface area contributed by atoms with Crippen LogP contribution in [0.15, 0.2) is 53.7 Å². The van der Waals surface area contributed by atoms with E-state index in [4.69, 9.17) is 4.74 Å². The van der Waals surface area contributed by atoms with Gasteiger partial charge in [0.2, 0.25) is 0 Å². The zero-order chi connectivity index (χ0) is 16.3. The van der Waals surface area contributed by atoms with E-state index < -0.39 is 0 Å². The van der Waals surface area contributed by atoms with Crippen LogP contribution in [0.5, 0.6) is 5.75 Å². The molecule has 0 fully saturated rings. The zero-order valence-corrected chi connectivity index (χ0v) is 16.5. The van der Waals surface area contributed by atoms with E-state index >= 15 is 0 Å². The molecule has 0 atom stereocenters. The van der Waals surface area contributed by atoms with E-state index in [-0.39, 0.29) is 24.0 Å². The van der Waals surface area contributed by atoms with Gasteiger partial charge in [-0.1, -0.05) is 18.2 Å². The molecule has 0 aliphatic carbocycles. The normalized spacial score (nSPS) is 9.58. The van der Waals surface area contributed by atoms with E-state index in [0.29, 0.717) is 13.2 Å². The molecule has 6 heteroatoms. The SMILES string of the molecule is CCNC(=NCc1ccc(OCc2ccccn2)cc1)NCC.I. The predicted octanol–water partition coefficient (Wildman–Crippen LogP) is 3.35. The zero-order valence-electron chi connectivity index (χ0n) is 14.2. The van der Waals surface area contributed by atoms with Crippen LogP contribution in [0, 0.1) is 0 Å². The van der Waals surface area contributed by atoms with Crippen molar-refractivity contribution in [2.75, 3.05) is 13.1 Å². The Morgan fingerprint density at radius 3 is 2.33 bits per heavy atom. The number of aromatic nitrogens is 1. The number of aliphatic imine (C=N–C) groups is 1. The van der Waals surface area contributed by atoms with E-state index in [1.165, 1.54) is 0 Å². The third kappa shape index (κ3) is 7.16. The number of halogens is 1. The largest absolute Gasteiger partial charge is 0.487 e. The lowest BCUT2D eigenvalue weighted by atomic mass is 10.2. The lowest BCUT2D eigenvalue weighted by Crippen LogP contribution is -2.36. The van der Waals surface area contributed by atoms with E-state index in [2.05, 4.69) is 34.5 Å². The Balaban J connectivity index is 0.00000288. The summed E-state index contributed by atoms with van der Waals surface area (Å²) in [5.74, 6) is 1.67. The summed E-state index contributed by atoms with van der Waals surface area (Å²) in [4.78, 5) is 8.78. The van der Waals surface area contributed by atoms with Crippen LogP contribution < -0.4 is 15.4 Å². The van der Waals surface area contributed by atoms with Gasteiger partial charge in [0.25, 0.3) is 0 Å². The quantitative estimate of drug-likeness (QED) is 0.394. The standard InChI is InChI=1S/C18H24N4O.HI/c1-3-19-18(20-4-2)22-13-15-8-10-17(11-9-15)23-14-16-7-5-6-12-21-16;/h5-12H,3-4,13-14H2,1-2H3,(H2,19,20,22);1H. The van der Waals surface area contributed by atoms with Crippen molar-refractivity contribution >= 4 is 29.9 Å². The maximum atomic E-state index is 5.73. The highest BCUT2D eigenvalue weighted by atomic mass is 127. The first kappa shape index (κ1) is 20.2. The second kappa shape index (κ2) is 11.7. The third-order valence-corrected chi connectivity index (χ3v) is 3.14. The van der Waals surface area contributed by atoms with Crippen molar-refractivity contribution in [2.24, 2.45) is 4.99 Å². The van der Waals surface area contributed by atoms with Gasteiger partial charge in [0.1, 0.15) is 12.4 Å². The van der Waals surface area contributed by atoms with Gasteiger partial charge in [-0.2, -0.15) is 0 Å². The molecule has 2 N–H and O–H groups in total. The summed E-state index contributed by atoms with van der Waals surface area (Å²) in [6, 6.07) is 13.8. The van der Waals surface area contributed by atoms with Crippen molar-refractivity contribution in [1.82, 2.24) is 15.6 Å². The molecule has 24 heavy (non-hydrogen) atoms. The van der Waals surface area contributed by atoms with Crippen LogP contribution in [0.2, 0.25) is 0 Å². The maximum Gasteiger partial charge on any atom is 0.191 e. The van der Waals surface area contributed by atoms with Gasteiger partial charge in [0, 0.05) is 19.3 Å². The topological polar surface area (TPSA) is 58.5 Å². The van der Waals surface area contributed by atoms with Crippen LogP contribution in [0.25, 0.3) is 0 Å². The second-order valence-electron chi connectivity index (χ2n) is 4.98. The summed E-state index contributed by atoms with van der Waals surface area (Å²) >= 11 is 0. The van der Waals surface area contributed by atoms with Crippen molar-refractivity contribution < 1.29 is 4.74 Å². The first-order chi connectivity index (χ1) is 11.3. The Bertz CT molecular complexity index is 594. The van der Waals surface area contributed by atoms with Gasteiger partial charge in [-0.05, 0) is 43.7 Å². The van der Waals surface area contributed by atoms with Crippen molar-refractivity contribution in [3.05, 3.63) is 59.9 Å². The molecule has 5 nitrogen and oxygen atoms in total. The summed E-state index contributed by atoms with van der Waals surface area (Å²) in [5.41, 5.74) is 2.06. The lowest BCUT2D eigenvalue weighted by molar-refractivity contribution is 0.301. The van der Waals surface area contributed by atoms with Gasteiger partial charge in [-0.25, -0.2) is 4.99 Å². The van der Waals surface area contributed by atoms with Crippen molar-refractivity contribution in [3.8, 4) is 5.75 Å². The minimum atomic E-state index is 0.